The van der Waals surface area contributed by atoms with Crippen LogP contribution < -0.4 is 10.5 Å². The number of furan rings is 1. The van der Waals surface area contributed by atoms with Crippen LogP contribution in [0.3, 0.4) is 0 Å². The summed E-state index contributed by atoms with van der Waals surface area (Å²) in [6.45, 7) is 3.14. The average molecular weight is 333 g/mol. The molecule has 0 atom stereocenters. The normalized spacial score (nSPS) is 11.7. The molecule has 0 fully saturated rings. The van der Waals surface area contributed by atoms with Gasteiger partial charge in [0.2, 0.25) is 0 Å². The van der Waals surface area contributed by atoms with E-state index < -0.39 is 15.8 Å². The Balaban J connectivity index is 2.48. The third-order valence-corrected chi connectivity index (χ3v) is 4.77. The Morgan fingerprint density at radius 2 is 2.00 bits per heavy atom. The zero-order valence-corrected chi connectivity index (χ0v) is 13.0. The van der Waals surface area contributed by atoms with Crippen LogP contribution in [0.4, 0.5) is 10.1 Å². The molecule has 0 saturated carbocycles. The summed E-state index contributed by atoms with van der Waals surface area (Å²) in [6, 6.07) is 3.66. The molecule has 5 nitrogen and oxygen atoms in total. The maximum absolute atomic E-state index is 13.7. The summed E-state index contributed by atoms with van der Waals surface area (Å²) in [6.07, 6.45) is 0. The molecule has 0 radical (unpaired) electrons. The second-order valence-corrected chi connectivity index (χ2v) is 6.51. The van der Waals surface area contributed by atoms with E-state index in [4.69, 9.17) is 21.8 Å². The van der Waals surface area contributed by atoms with Crippen molar-refractivity contribution >= 4 is 27.3 Å². The molecule has 0 bridgehead atoms. The second-order valence-electron chi connectivity index (χ2n) is 4.46. The first-order valence-corrected chi connectivity index (χ1v) is 7.89. The van der Waals surface area contributed by atoms with Crippen LogP contribution in [0, 0.1) is 19.7 Å². The molecule has 0 unspecified atom stereocenters. The molecule has 1 heterocycles. The number of benzene rings is 1. The van der Waals surface area contributed by atoms with Crippen LogP contribution in [0.25, 0.3) is 0 Å². The van der Waals surface area contributed by atoms with E-state index >= 15 is 0 Å². The molecule has 0 spiro atoms. The largest absolute Gasteiger partial charge is 0.465 e. The number of sulfonamides is 1. The van der Waals surface area contributed by atoms with Crippen molar-refractivity contribution < 1.29 is 17.2 Å². The van der Waals surface area contributed by atoms with Gasteiger partial charge in [-0.2, -0.15) is 0 Å². The Kier molecular flexibility index (Phi) is 4.27. The van der Waals surface area contributed by atoms with Gasteiger partial charge in [0, 0.05) is 17.1 Å². The standard InChI is InChI=1S/C13H14ClFN2O3S/c1-7-10(6-16)13(8(2)20-7)21(18,19)17-12-4-3-9(14)5-11(12)15/h3-5,17H,6,16H2,1-2H3. The summed E-state index contributed by atoms with van der Waals surface area (Å²) in [5.74, 6) is -0.139. The summed E-state index contributed by atoms with van der Waals surface area (Å²) < 4.78 is 46.1. The monoisotopic (exact) mass is 332 g/mol. The first-order valence-electron chi connectivity index (χ1n) is 6.03. The van der Waals surface area contributed by atoms with E-state index in [1.54, 1.807) is 6.92 Å². The van der Waals surface area contributed by atoms with Crippen LogP contribution in [0.1, 0.15) is 17.1 Å². The quantitative estimate of drug-likeness (QED) is 0.901. The van der Waals surface area contributed by atoms with Crippen molar-refractivity contribution in [2.45, 2.75) is 25.3 Å². The highest BCUT2D eigenvalue weighted by atomic mass is 35.5. The molecule has 114 valence electrons. The zero-order chi connectivity index (χ0) is 15.8. The smallest absolute Gasteiger partial charge is 0.265 e. The minimum absolute atomic E-state index is 0.00250. The average Bonchev–Trinajstić information content (AvgIpc) is 2.67. The van der Waals surface area contributed by atoms with Gasteiger partial charge in [-0.15, -0.1) is 0 Å². The number of aryl methyl sites for hydroxylation is 2. The van der Waals surface area contributed by atoms with E-state index in [2.05, 4.69) is 4.72 Å². The van der Waals surface area contributed by atoms with Crippen LogP contribution in [0.5, 0.6) is 0 Å². The molecule has 2 rings (SSSR count). The lowest BCUT2D eigenvalue weighted by Gasteiger charge is -2.10. The van der Waals surface area contributed by atoms with E-state index in [1.165, 1.54) is 19.1 Å². The molecular formula is C13H14ClFN2O3S. The van der Waals surface area contributed by atoms with Gasteiger partial charge in [0.25, 0.3) is 10.0 Å². The van der Waals surface area contributed by atoms with Crippen molar-refractivity contribution in [3.8, 4) is 0 Å². The number of hydrogen-bond donors (Lipinski definition) is 2. The van der Waals surface area contributed by atoms with Crippen LogP contribution >= 0.6 is 11.6 Å². The van der Waals surface area contributed by atoms with Crippen LogP contribution in [0.15, 0.2) is 27.5 Å². The zero-order valence-electron chi connectivity index (χ0n) is 11.4. The van der Waals surface area contributed by atoms with Crippen LogP contribution in [0.2, 0.25) is 5.02 Å². The predicted octanol–water partition coefficient (Wildman–Crippen LogP) is 2.95. The van der Waals surface area contributed by atoms with Gasteiger partial charge >= 0.3 is 0 Å². The summed E-state index contributed by atoms with van der Waals surface area (Å²) in [5, 5.41) is 0.174. The van der Waals surface area contributed by atoms with Gasteiger partial charge in [0.1, 0.15) is 22.2 Å². The maximum Gasteiger partial charge on any atom is 0.265 e. The van der Waals surface area contributed by atoms with E-state index in [9.17, 15) is 12.8 Å². The summed E-state index contributed by atoms with van der Waals surface area (Å²) in [5.41, 5.74) is 5.74. The Bertz CT molecular complexity index is 787. The number of hydrogen-bond acceptors (Lipinski definition) is 4. The molecule has 0 amide bonds. The Hall–Kier alpha value is -1.57. The SMILES string of the molecule is Cc1oc(C)c(S(=O)(=O)Nc2ccc(Cl)cc2F)c1CN. The lowest BCUT2D eigenvalue weighted by Crippen LogP contribution is -2.17. The number of anilines is 1. The van der Waals surface area contributed by atoms with Gasteiger partial charge in [-0.3, -0.25) is 4.72 Å². The first kappa shape index (κ1) is 15.8. The lowest BCUT2D eigenvalue weighted by atomic mass is 10.2. The fourth-order valence-corrected chi connectivity index (χ4v) is 3.75. The van der Waals surface area contributed by atoms with Crippen molar-refractivity contribution in [3.05, 3.63) is 46.1 Å². The summed E-state index contributed by atoms with van der Waals surface area (Å²) in [7, 11) is -4.01. The van der Waals surface area contributed by atoms with Gasteiger partial charge < -0.3 is 10.2 Å². The highest BCUT2D eigenvalue weighted by Gasteiger charge is 2.27. The molecule has 2 aromatic rings. The molecular weight excluding hydrogens is 319 g/mol. The third kappa shape index (κ3) is 3.04. The van der Waals surface area contributed by atoms with Gasteiger partial charge in [-0.25, -0.2) is 12.8 Å². The highest BCUT2D eigenvalue weighted by Crippen LogP contribution is 2.29. The number of rotatable bonds is 4. The maximum atomic E-state index is 13.7. The van der Waals surface area contributed by atoms with Gasteiger partial charge in [0.05, 0.1) is 5.69 Å². The van der Waals surface area contributed by atoms with Crippen LogP contribution in [-0.4, -0.2) is 8.42 Å². The third-order valence-electron chi connectivity index (χ3n) is 2.97. The second kappa shape index (κ2) is 5.67. The molecule has 3 N–H and O–H groups in total. The van der Waals surface area contributed by atoms with Crippen LogP contribution in [-0.2, 0) is 16.6 Å². The Morgan fingerprint density at radius 1 is 1.33 bits per heavy atom. The van der Waals surface area contributed by atoms with Crippen molar-refractivity contribution in [3.63, 3.8) is 0 Å². The number of nitrogens with one attached hydrogen (secondary N) is 1. The van der Waals surface area contributed by atoms with Crippen molar-refractivity contribution in [2.24, 2.45) is 5.73 Å². The number of nitrogens with two attached hydrogens (primary N) is 1. The highest BCUT2D eigenvalue weighted by molar-refractivity contribution is 7.92. The molecule has 1 aromatic carbocycles. The summed E-state index contributed by atoms with van der Waals surface area (Å²) in [4.78, 5) is -0.0585. The van der Waals surface area contributed by atoms with E-state index in [1.807, 2.05) is 0 Å². The Morgan fingerprint density at radius 3 is 2.57 bits per heavy atom. The Labute approximate surface area is 126 Å². The summed E-state index contributed by atoms with van der Waals surface area (Å²) >= 11 is 5.63. The molecule has 0 aliphatic carbocycles. The molecule has 1 aromatic heterocycles. The molecule has 8 heteroatoms. The fraction of sp³-hybridized carbons (Fsp3) is 0.231. The fourth-order valence-electron chi connectivity index (χ4n) is 2.07. The van der Waals surface area contributed by atoms with Gasteiger partial charge in [0.15, 0.2) is 0 Å². The molecule has 21 heavy (non-hydrogen) atoms. The first-order chi connectivity index (χ1) is 9.76. The minimum Gasteiger partial charge on any atom is -0.465 e. The van der Waals surface area contributed by atoms with Crippen molar-refractivity contribution in [1.29, 1.82) is 0 Å². The van der Waals surface area contributed by atoms with Gasteiger partial charge in [-0.05, 0) is 32.0 Å². The molecule has 0 saturated heterocycles. The predicted molar refractivity (Wildman–Crippen MR) is 78.3 cm³/mol. The van der Waals surface area contributed by atoms with Gasteiger partial charge in [-0.1, -0.05) is 11.6 Å². The van der Waals surface area contributed by atoms with Crippen molar-refractivity contribution in [2.75, 3.05) is 4.72 Å². The van der Waals surface area contributed by atoms with E-state index in [-0.39, 0.29) is 27.9 Å². The molecule has 0 aliphatic rings. The van der Waals surface area contributed by atoms with E-state index in [0.29, 0.717) is 11.3 Å². The minimum atomic E-state index is -4.01. The lowest BCUT2D eigenvalue weighted by molar-refractivity contribution is 0.494. The number of halogens is 2. The topological polar surface area (TPSA) is 85.3 Å². The van der Waals surface area contributed by atoms with E-state index in [0.717, 1.165) is 6.07 Å². The van der Waals surface area contributed by atoms with Crippen molar-refractivity contribution in [1.82, 2.24) is 0 Å². The molecule has 0 aliphatic heterocycles.